The van der Waals surface area contributed by atoms with Crippen LogP contribution in [0, 0.1) is 5.82 Å². The first-order valence-corrected chi connectivity index (χ1v) is 8.37. The van der Waals surface area contributed by atoms with E-state index in [1.165, 1.54) is 24.3 Å². The minimum absolute atomic E-state index is 0.124. The molecule has 1 unspecified atom stereocenters. The van der Waals surface area contributed by atoms with Crippen molar-refractivity contribution in [2.24, 2.45) is 0 Å². The van der Waals surface area contributed by atoms with Gasteiger partial charge in [0.25, 0.3) is 5.91 Å². The highest BCUT2D eigenvalue weighted by Crippen LogP contribution is 2.25. The number of ether oxygens (including phenoxy) is 1. The molecule has 0 bridgehead atoms. The van der Waals surface area contributed by atoms with Crippen LogP contribution in [0.25, 0.3) is 11.2 Å². The molecule has 3 heterocycles. The van der Waals surface area contributed by atoms with Crippen LogP contribution in [0.2, 0.25) is 0 Å². The number of nitrogens with two attached hydrogens (primary N) is 1. The normalized spacial score (nSPS) is 16.8. The van der Waals surface area contributed by atoms with Crippen molar-refractivity contribution in [3.8, 4) is 5.75 Å². The zero-order valence-electron chi connectivity index (χ0n) is 14.2. The fraction of sp³-hybridized carbons (Fsp3) is 0.294. The molecule has 1 aliphatic rings. The van der Waals surface area contributed by atoms with E-state index in [1.807, 2.05) is 0 Å². The van der Waals surface area contributed by atoms with Crippen molar-refractivity contribution in [1.82, 2.24) is 25.3 Å². The number of hydrogen-bond donors (Lipinski definition) is 3. The number of likely N-dealkylation sites (tertiary alicyclic amines) is 1. The topological polar surface area (TPSA) is 130 Å². The number of anilines is 1. The standard InChI is InChI=1S/C17H17FN6O3/c18-12-2-1-9(17(26)24-4-3-11(25)7-24)5-10(12)8-27-13-6-14(19)20-16-15(13)21-23-22-16/h1-2,5-6,11,25H,3-4,7-8H2,(H3,19,20,21,22,23). The zero-order valence-corrected chi connectivity index (χ0v) is 14.2. The molecular formula is C17H17FN6O3. The molecule has 0 aliphatic carbocycles. The van der Waals surface area contributed by atoms with Crippen LogP contribution >= 0.6 is 0 Å². The maximum atomic E-state index is 14.2. The highest BCUT2D eigenvalue weighted by molar-refractivity contribution is 5.94. The number of amides is 1. The van der Waals surface area contributed by atoms with Gasteiger partial charge in [-0.05, 0) is 24.6 Å². The number of fused-ring (bicyclic) bond motifs is 1. The van der Waals surface area contributed by atoms with Gasteiger partial charge in [-0.25, -0.2) is 9.37 Å². The number of β-amino-alcohol motifs (C(OH)–C–C–N with tert-alkyl or cyclic N) is 1. The van der Waals surface area contributed by atoms with Crippen LogP contribution in [0.1, 0.15) is 22.3 Å². The van der Waals surface area contributed by atoms with E-state index in [-0.39, 0.29) is 30.4 Å². The number of pyridine rings is 1. The number of aliphatic hydroxyl groups is 1. The second-order valence-corrected chi connectivity index (χ2v) is 6.33. The van der Waals surface area contributed by atoms with Gasteiger partial charge in [-0.3, -0.25) is 4.79 Å². The fourth-order valence-electron chi connectivity index (χ4n) is 3.02. The zero-order chi connectivity index (χ0) is 19.0. The Bertz CT molecular complexity index is 1010. The number of carbonyl (C=O) groups is 1. The number of carbonyl (C=O) groups excluding carboxylic acids is 1. The smallest absolute Gasteiger partial charge is 0.253 e. The lowest BCUT2D eigenvalue weighted by Gasteiger charge is -2.16. The van der Waals surface area contributed by atoms with Crippen molar-refractivity contribution in [3.63, 3.8) is 0 Å². The van der Waals surface area contributed by atoms with Gasteiger partial charge in [0.1, 0.15) is 18.2 Å². The summed E-state index contributed by atoms with van der Waals surface area (Å²) in [5.74, 6) is -0.236. The van der Waals surface area contributed by atoms with Crippen molar-refractivity contribution in [1.29, 1.82) is 0 Å². The first-order chi connectivity index (χ1) is 13.0. The van der Waals surface area contributed by atoms with Gasteiger partial charge >= 0.3 is 0 Å². The second-order valence-electron chi connectivity index (χ2n) is 6.33. The van der Waals surface area contributed by atoms with Crippen molar-refractivity contribution >= 4 is 22.9 Å². The SMILES string of the molecule is Nc1cc(OCc2cc(C(=O)N3CCC(O)C3)ccc2F)c2n[nH]nc2n1. The summed E-state index contributed by atoms with van der Waals surface area (Å²) in [6.45, 7) is 0.632. The van der Waals surface area contributed by atoms with Crippen LogP contribution < -0.4 is 10.5 Å². The average molecular weight is 372 g/mol. The Labute approximate surface area is 152 Å². The Balaban J connectivity index is 1.55. The van der Waals surface area contributed by atoms with E-state index < -0.39 is 11.9 Å². The maximum absolute atomic E-state index is 14.2. The number of aromatic amines is 1. The third kappa shape index (κ3) is 3.38. The van der Waals surface area contributed by atoms with Crippen LogP contribution in [0.15, 0.2) is 24.3 Å². The quantitative estimate of drug-likeness (QED) is 0.619. The molecule has 1 amide bonds. The number of nitrogens with one attached hydrogen (secondary N) is 1. The number of aliphatic hydroxyl groups excluding tert-OH is 1. The van der Waals surface area contributed by atoms with E-state index >= 15 is 0 Å². The van der Waals surface area contributed by atoms with Crippen molar-refractivity contribution in [2.75, 3.05) is 18.8 Å². The third-order valence-electron chi connectivity index (χ3n) is 4.40. The summed E-state index contributed by atoms with van der Waals surface area (Å²) in [6, 6.07) is 5.58. The van der Waals surface area contributed by atoms with Gasteiger partial charge in [-0.1, -0.05) is 0 Å². The number of benzene rings is 1. The monoisotopic (exact) mass is 372 g/mol. The Morgan fingerprint density at radius 1 is 1.41 bits per heavy atom. The van der Waals surface area contributed by atoms with Gasteiger partial charge < -0.3 is 20.5 Å². The molecule has 3 aromatic rings. The number of halogens is 1. The molecule has 27 heavy (non-hydrogen) atoms. The van der Waals surface area contributed by atoms with E-state index in [0.717, 1.165) is 0 Å². The Morgan fingerprint density at radius 3 is 3.04 bits per heavy atom. The Kier molecular flexibility index (Phi) is 4.32. The summed E-state index contributed by atoms with van der Waals surface area (Å²) in [7, 11) is 0. The summed E-state index contributed by atoms with van der Waals surface area (Å²) in [5.41, 5.74) is 6.93. The molecule has 1 atom stereocenters. The molecule has 10 heteroatoms. The number of hydrogen-bond acceptors (Lipinski definition) is 7. The van der Waals surface area contributed by atoms with Crippen LogP contribution in [-0.2, 0) is 6.61 Å². The van der Waals surface area contributed by atoms with Gasteiger partial charge in [-0.2, -0.15) is 10.3 Å². The Morgan fingerprint density at radius 2 is 2.26 bits per heavy atom. The van der Waals surface area contributed by atoms with Gasteiger partial charge in [0.2, 0.25) is 5.65 Å². The summed E-state index contributed by atoms with van der Waals surface area (Å²) in [6.07, 6.45) is 0.0271. The van der Waals surface area contributed by atoms with Crippen LogP contribution in [0.4, 0.5) is 10.2 Å². The molecule has 0 saturated carbocycles. The van der Waals surface area contributed by atoms with E-state index in [4.69, 9.17) is 10.5 Å². The molecule has 0 spiro atoms. The van der Waals surface area contributed by atoms with Crippen LogP contribution in [0.3, 0.4) is 0 Å². The highest BCUT2D eigenvalue weighted by atomic mass is 19.1. The molecule has 9 nitrogen and oxygen atoms in total. The molecule has 2 aromatic heterocycles. The summed E-state index contributed by atoms with van der Waals surface area (Å²) in [4.78, 5) is 18.1. The molecule has 4 rings (SSSR count). The van der Waals surface area contributed by atoms with Gasteiger partial charge in [-0.15, -0.1) is 5.10 Å². The fourth-order valence-corrected chi connectivity index (χ4v) is 3.02. The largest absolute Gasteiger partial charge is 0.486 e. The van der Waals surface area contributed by atoms with Crippen molar-refractivity contribution in [3.05, 3.63) is 41.2 Å². The molecule has 1 saturated heterocycles. The van der Waals surface area contributed by atoms with Crippen LogP contribution in [-0.4, -0.2) is 55.5 Å². The lowest BCUT2D eigenvalue weighted by molar-refractivity contribution is 0.0764. The number of rotatable bonds is 4. The van der Waals surface area contributed by atoms with Gasteiger partial charge in [0.05, 0.1) is 6.10 Å². The van der Waals surface area contributed by atoms with Crippen LogP contribution in [0.5, 0.6) is 5.75 Å². The number of aromatic nitrogens is 4. The molecule has 1 fully saturated rings. The third-order valence-corrected chi connectivity index (χ3v) is 4.40. The summed E-state index contributed by atoms with van der Waals surface area (Å²) < 4.78 is 19.8. The molecule has 0 radical (unpaired) electrons. The first-order valence-electron chi connectivity index (χ1n) is 8.37. The number of nitrogen functional groups attached to an aromatic ring is 1. The summed E-state index contributed by atoms with van der Waals surface area (Å²) >= 11 is 0. The molecule has 140 valence electrons. The summed E-state index contributed by atoms with van der Waals surface area (Å²) in [5, 5.41) is 19.8. The lowest BCUT2D eigenvalue weighted by atomic mass is 10.1. The predicted octanol–water partition coefficient (Wildman–Crippen LogP) is 0.860. The highest BCUT2D eigenvalue weighted by Gasteiger charge is 2.26. The number of nitrogens with zero attached hydrogens (tertiary/aromatic N) is 4. The van der Waals surface area contributed by atoms with Gasteiger partial charge in [0, 0.05) is 30.3 Å². The van der Waals surface area contributed by atoms with E-state index in [9.17, 15) is 14.3 Å². The van der Waals surface area contributed by atoms with Crippen molar-refractivity contribution < 1.29 is 19.0 Å². The molecule has 1 aliphatic heterocycles. The molecular weight excluding hydrogens is 355 g/mol. The van der Waals surface area contributed by atoms with Gasteiger partial charge in [0.15, 0.2) is 11.3 Å². The lowest BCUT2D eigenvalue weighted by Crippen LogP contribution is -2.29. The average Bonchev–Trinajstić information content (AvgIpc) is 3.29. The first kappa shape index (κ1) is 17.2. The number of H-pyrrole nitrogens is 1. The maximum Gasteiger partial charge on any atom is 0.253 e. The van der Waals surface area contributed by atoms with E-state index in [2.05, 4.69) is 20.4 Å². The minimum Gasteiger partial charge on any atom is -0.486 e. The molecule has 1 aromatic carbocycles. The predicted molar refractivity (Wildman–Crippen MR) is 93.4 cm³/mol. The molecule has 4 N–H and O–H groups in total. The van der Waals surface area contributed by atoms with Crippen molar-refractivity contribution in [2.45, 2.75) is 19.1 Å². The second kappa shape index (κ2) is 6.80. The minimum atomic E-state index is -0.515. The van der Waals surface area contributed by atoms with E-state index in [0.29, 0.717) is 35.4 Å². The van der Waals surface area contributed by atoms with E-state index in [1.54, 1.807) is 4.90 Å². The Hall–Kier alpha value is -3.27.